The summed E-state index contributed by atoms with van der Waals surface area (Å²) in [5.41, 5.74) is -1.15. The minimum atomic E-state index is -4.63. The third kappa shape index (κ3) is 8.51. The number of rotatable bonds is 11. The van der Waals surface area contributed by atoms with Gasteiger partial charge in [0.15, 0.2) is 5.78 Å². The Morgan fingerprint density at radius 1 is 1.04 bits per heavy atom. The van der Waals surface area contributed by atoms with Crippen molar-refractivity contribution in [3.05, 3.63) is 63.9 Å². The molecule has 3 aromatic rings. The number of esters is 1. The van der Waals surface area contributed by atoms with E-state index in [2.05, 4.69) is 29.1 Å². The lowest BCUT2D eigenvalue weighted by molar-refractivity contribution is -0.150. The molecular formula is C33H40F3N3O5S2. The van der Waals surface area contributed by atoms with E-state index in [1.165, 1.54) is 0 Å². The largest absolute Gasteiger partial charge is 0.465 e. The Morgan fingerprint density at radius 2 is 1.76 bits per heavy atom. The van der Waals surface area contributed by atoms with Crippen LogP contribution in [0.4, 0.5) is 13.2 Å². The summed E-state index contributed by atoms with van der Waals surface area (Å²) in [6.07, 6.45) is 4.67. The van der Waals surface area contributed by atoms with Crippen molar-refractivity contribution in [2.45, 2.75) is 43.3 Å². The van der Waals surface area contributed by atoms with Gasteiger partial charge in [-0.3, -0.25) is 14.4 Å². The number of carbonyl (C=O) groups is 2. The summed E-state index contributed by atoms with van der Waals surface area (Å²) in [7, 11) is -0.931. The van der Waals surface area contributed by atoms with E-state index >= 15 is 0 Å². The van der Waals surface area contributed by atoms with E-state index in [1.54, 1.807) is 23.9 Å². The number of Topliss-reactive ketones (excluding diaryl/α,β-unsaturated/α-hetero) is 1. The summed E-state index contributed by atoms with van der Waals surface area (Å²) in [4.78, 5) is 41.8. The van der Waals surface area contributed by atoms with Crippen molar-refractivity contribution >= 4 is 44.4 Å². The average molecular weight is 680 g/mol. The topological polar surface area (TPSA) is 100 Å². The number of fused-ring (bicyclic) bond motifs is 1. The van der Waals surface area contributed by atoms with E-state index in [0.717, 1.165) is 59.6 Å². The minimum absolute atomic E-state index is 0.0451. The molecule has 8 nitrogen and oxygen atoms in total. The molecule has 1 aliphatic heterocycles. The maximum Gasteiger partial charge on any atom is 0.416 e. The summed E-state index contributed by atoms with van der Waals surface area (Å²) in [5, 5.41) is 7.72. The van der Waals surface area contributed by atoms with Crippen LogP contribution in [0.15, 0.2) is 52.2 Å². The number of thioether (sulfide) groups is 1. The minimum Gasteiger partial charge on any atom is -0.465 e. The van der Waals surface area contributed by atoms with Crippen molar-refractivity contribution < 1.29 is 32.2 Å². The smallest absolute Gasteiger partial charge is 0.416 e. The Hall–Kier alpha value is -2.90. The van der Waals surface area contributed by atoms with Gasteiger partial charge in [0.05, 0.1) is 30.0 Å². The van der Waals surface area contributed by atoms with Crippen LogP contribution in [0.2, 0.25) is 0 Å². The zero-order valence-electron chi connectivity index (χ0n) is 26.3. The fraction of sp³-hybridized carbons (Fsp3) is 0.545. The van der Waals surface area contributed by atoms with E-state index in [9.17, 15) is 27.6 Å². The number of hydrogen-bond donors (Lipinski definition) is 0. The maximum absolute atomic E-state index is 13.9. The molecule has 0 unspecified atom stereocenters. The number of halogens is 3. The first-order chi connectivity index (χ1) is 21.8. The third-order valence-corrected chi connectivity index (χ3v) is 11.4. The molecular weight excluding hydrogens is 640 g/mol. The van der Waals surface area contributed by atoms with Crippen LogP contribution in [0.3, 0.4) is 0 Å². The SMILES string of the molecule is CS(C)(C)CCOC(=O)[C@H]1[C@H](Cn2nnc3ccc(C(F)(F)F)cc3c2=O)CC[C@@H]1C(=O)c1ccc(SCC2CCOCC2)cc1. The molecule has 0 radical (unpaired) electrons. The third-order valence-electron chi connectivity index (χ3n) is 8.76. The Bertz CT molecular complexity index is 1600. The van der Waals surface area contributed by atoms with E-state index < -0.39 is 51.1 Å². The zero-order valence-corrected chi connectivity index (χ0v) is 27.9. The normalized spacial score (nSPS) is 21.4. The molecule has 0 spiro atoms. The summed E-state index contributed by atoms with van der Waals surface area (Å²) in [5.74, 6) is -0.370. The van der Waals surface area contributed by atoms with Gasteiger partial charge < -0.3 is 9.47 Å². The summed E-state index contributed by atoms with van der Waals surface area (Å²) in [6.45, 7) is 1.73. The highest BCUT2D eigenvalue weighted by molar-refractivity contribution is 8.32. The lowest BCUT2D eigenvalue weighted by Crippen LogP contribution is -2.36. The number of benzene rings is 2. The molecule has 1 saturated heterocycles. The highest BCUT2D eigenvalue weighted by Crippen LogP contribution is 2.41. The van der Waals surface area contributed by atoms with Crippen molar-refractivity contribution in [1.82, 2.24) is 15.0 Å². The Balaban J connectivity index is 1.35. The molecule has 2 fully saturated rings. The number of alkyl halides is 3. The Labute approximate surface area is 272 Å². The van der Waals surface area contributed by atoms with Crippen molar-refractivity contribution in [2.24, 2.45) is 23.7 Å². The molecule has 0 bridgehead atoms. The maximum atomic E-state index is 13.9. The molecule has 250 valence electrons. The lowest BCUT2D eigenvalue weighted by atomic mass is 9.84. The van der Waals surface area contributed by atoms with Gasteiger partial charge in [-0.05, 0) is 86.6 Å². The average Bonchev–Trinajstić information content (AvgIpc) is 3.44. The first-order valence-electron chi connectivity index (χ1n) is 15.4. The predicted octanol–water partition coefficient (Wildman–Crippen LogP) is 6.09. The van der Waals surface area contributed by atoms with Crippen LogP contribution >= 0.6 is 21.8 Å². The van der Waals surface area contributed by atoms with Crippen LogP contribution < -0.4 is 5.56 Å². The first kappa shape index (κ1) is 34.4. The van der Waals surface area contributed by atoms with Gasteiger partial charge in [-0.25, -0.2) is 14.7 Å². The predicted molar refractivity (Wildman–Crippen MR) is 175 cm³/mol. The van der Waals surface area contributed by atoms with Gasteiger partial charge >= 0.3 is 12.1 Å². The van der Waals surface area contributed by atoms with Gasteiger partial charge in [-0.2, -0.15) is 13.2 Å². The van der Waals surface area contributed by atoms with Crippen molar-refractivity contribution in [2.75, 3.05) is 50.1 Å². The van der Waals surface area contributed by atoms with Crippen LogP contribution in [0.5, 0.6) is 0 Å². The fourth-order valence-electron chi connectivity index (χ4n) is 6.08. The fourth-order valence-corrected chi connectivity index (χ4v) is 7.75. The molecule has 46 heavy (non-hydrogen) atoms. The Morgan fingerprint density at radius 3 is 2.43 bits per heavy atom. The molecule has 3 atom stereocenters. The second kappa shape index (κ2) is 14.5. The van der Waals surface area contributed by atoms with Gasteiger partial charge in [-0.15, -0.1) is 16.9 Å². The van der Waals surface area contributed by atoms with Crippen LogP contribution in [0.25, 0.3) is 10.9 Å². The molecule has 5 rings (SSSR count). The number of aromatic nitrogens is 3. The molecule has 1 saturated carbocycles. The van der Waals surface area contributed by atoms with E-state index in [0.29, 0.717) is 30.1 Å². The van der Waals surface area contributed by atoms with Crippen LogP contribution in [0.1, 0.15) is 41.6 Å². The monoisotopic (exact) mass is 679 g/mol. The van der Waals surface area contributed by atoms with E-state index in [-0.39, 0.29) is 29.8 Å². The highest BCUT2D eigenvalue weighted by Gasteiger charge is 2.46. The zero-order chi connectivity index (χ0) is 33.1. The van der Waals surface area contributed by atoms with E-state index in [1.807, 2.05) is 12.1 Å². The molecule has 0 N–H and O–H groups in total. The standard InChI is InChI=1S/C33H40F3N3O5S2/c1-46(2,3)17-16-44-32(42)29-23(19-39-31(41)27-18-24(33(34,35)36)7-11-28(27)37-38-39)6-10-26(29)30(40)22-4-8-25(9-5-22)45-20-21-12-14-43-15-13-21/h4-5,7-9,11,18,21,23,26,29H,6,10,12-17,19-20H2,1-3H3/t23-,26-,29-/m0/s1. The molecule has 1 aromatic heterocycles. The second-order valence-electron chi connectivity index (χ2n) is 13.0. The molecule has 1 aliphatic carbocycles. The van der Waals surface area contributed by atoms with Crippen LogP contribution in [0, 0.1) is 23.7 Å². The number of ether oxygens (including phenoxy) is 2. The summed E-state index contributed by atoms with van der Waals surface area (Å²) < 4.78 is 52.2. The second-order valence-corrected chi connectivity index (χ2v) is 18.7. The van der Waals surface area contributed by atoms with Crippen molar-refractivity contribution in [3.63, 3.8) is 0 Å². The molecule has 2 heterocycles. The molecule has 0 amide bonds. The molecule has 2 aliphatic rings. The van der Waals surface area contributed by atoms with Crippen LogP contribution in [-0.2, 0) is 27.0 Å². The lowest BCUT2D eigenvalue weighted by Gasteiger charge is -2.27. The van der Waals surface area contributed by atoms with Gasteiger partial charge in [0.25, 0.3) is 5.56 Å². The molecule has 13 heteroatoms. The number of ketones is 1. The Kier molecular flexibility index (Phi) is 10.8. The van der Waals surface area contributed by atoms with Gasteiger partial charge in [0.1, 0.15) is 5.52 Å². The van der Waals surface area contributed by atoms with E-state index in [4.69, 9.17) is 9.47 Å². The van der Waals surface area contributed by atoms with Gasteiger partial charge in [0, 0.05) is 41.1 Å². The number of nitrogens with zero attached hydrogens (tertiary/aromatic N) is 3. The first-order valence-corrected chi connectivity index (χ1v) is 19.4. The number of hydrogen-bond acceptors (Lipinski definition) is 8. The van der Waals surface area contributed by atoms with Gasteiger partial charge in [-0.1, -0.05) is 17.3 Å². The quantitative estimate of drug-likeness (QED) is 0.136. The summed E-state index contributed by atoms with van der Waals surface area (Å²) >= 11 is 1.76. The molecule has 2 aromatic carbocycles. The van der Waals surface area contributed by atoms with Crippen LogP contribution in [-0.4, -0.2) is 76.8 Å². The highest BCUT2D eigenvalue weighted by atomic mass is 32.3. The van der Waals surface area contributed by atoms with Crippen molar-refractivity contribution in [3.8, 4) is 0 Å². The van der Waals surface area contributed by atoms with Crippen molar-refractivity contribution in [1.29, 1.82) is 0 Å². The van der Waals surface area contributed by atoms with Gasteiger partial charge in [0.2, 0.25) is 0 Å². The summed E-state index contributed by atoms with van der Waals surface area (Å²) in [6, 6.07) is 10.2. The number of carbonyl (C=O) groups excluding carboxylic acids is 2.